The molecule has 0 fully saturated rings. The standard InChI is InChI=1S/C17H13F3S/c1-2-3-12-8-11-4-6-13(16(20)17(11)21-12)10-5-7-14(18)15(19)9-10/h4-9H,2-3H2,1H3. The second kappa shape index (κ2) is 5.53. The first-order valence-electron chi connectivity index (χ1n) is 6.76. The Labute approximate surface area is 124 Å². The van der Waals surface area contributed by atoms with E-state index >= 15 is 0 Å². The van der Waals surface area contributed by atoms with Crippen LogP contribution in [0.3, 0.4) is 0 Å². The van der Waals surface area contributed by atoms with Gasteiger partial charge in [0.2, 0.25) is 0 Å². The molecule has 0 nitrogen and oxygen atoms in total. The highest BCUT2D eigenvalue weighted by atomic mass is 32.1. The van der Waals surface area contributed by atoms with Gasteiger partial charge in [0.25, 0.3) is 0 Å². The average molecular weight is 306 g/mol. The fraction of sp³-hybridized carbons (Fsp3) is 0.176. The lowest BCUT2D eigenvalue weighted by Gasteiger charge is -2.05. The van der Waals surface area contributed by atoms with Crippen molar-refractivity contribution in [1.29, 1.82) is 0 Å². The smallest absolute Gasteiger partial charge is 0.159 e. The van der Waals surface area contributed by atoms with Crippen molar-refractivity contribution in [2.24, 2.45) is 0 Å². The van der Waals surface area contributed by atoms with Gasteiger partial charge in [0.1, 0.15) is 5.82 Å². The van der Waals surface area contributed by atoms with Crippen LogP contribution in [0.1, 0.15) is 18.2 Å². The molecule has 0 amide bonds. The minimum Gasteiger partial charge on any atom is -0.205 e. The molecule has 0 spiro atoms. The van der Waals surface area contributed by atoms with Gasteiger partial charge in [-0.25, -0.2) is 13.2 Å². The molecule has 3 rings (SSSR count). The molecule has 1 aromatic heterocycles. The Balaban J connectivity index is 2.14. The molecule has 0 saturated heterocycles. The summed E-state index contributed by atoms with van der Waals surface area (Å²) < 4.78 is 41.5. The number of thiophene rings is 1. The van der Waals surface area contributed by atoms with Crippen molar-refractivity contribution in [2.75, 3.05) is 0 Å². The number of hydrogen-bond acceptors (Lipinski definition) is 1. The largest absolute Gasteiger partial charge is 0.205 e. The summed E-state index contributed by atoms with van der Waals surface area (Å²) in [5, 5.41) is 0.854. The molecular formula is C17H13F3S. The van der Waals surface area contributed by atoms with Crippen LogP contribution in [-0.2, 0) is 6.42 Å². The van der Waals surface area contributed by atoms with E-state index in [1.807, 2.05) is 12.1 Å². The zero-order chi connectivity index (χ0) is 15.0. The Hall–Kier alpha value is -1.81. The van der Waals surface area contributed by atoms with Crippen LogP contribution in [0.15, 0.2) is 36.4 Å². The van der Waals surface area contributed by atoms with Gasteiger partial charge >= 0.3 is 0 Å². The fourth-order valence-corrected chi connectivity index (χ4v) is 3.58. The summed E-state index contributed by atoms with van der Waals surface area (Å²) in [5.41, 5.74) is 0.644. The van der Waals surface area contributed by atoms with E-state index in [2.05, 4.69) is 6.92 Å². The van der Waals surface area contributed by atoms with Crippen molar-refractivity contribution in [3.8, 4) is 11.1 Å². The maximum Gasteiger partial charge on any atom is 0.159 e. The average Bonchev–Trinajstić information content (AvgIpc) is 2.87. The minimum absolute atomic E-state index is 0.297. The van der Waals surface area contributed by atoms with E-state index in [4.69, 9.17) is 0 Å². The molecule has 0 aliphatic carbocycles. The second-order valence-electron chi connectivity index (χ2n) is 4.94. The molecule has 3 aromatic rings. The quantitative estimate of drug-likeness (QED) is 0.562. The lowest BCUT2D eigenvalue weighted by atomic mass is 10.0. The molecule has 0 saturated carbocycles. The third-order valence-electron chi connectivity index (χ3n) is 3.40. The maximum atomic E-state index is 14.6. The first-order valence-corrected chi connectivity index (χ1v) is 7.58. The van der Waals surface area contributed by atoms with Crippen LogP contribution in [0.2, 0.25) is 0 Å². The van der Waals surface area contributed by atoms with E-state index in [9.17, 15) is 13.2 Å². The Bertz CT molecular complexity index is 805. The molecule has 0 radical (unpaired) electrons. The van der Waals surface area contributed by atoms with Crippen LogP contribution < -0.4 is 0 Å². The lowest BCUT2D eigenvalue weighted by molar-refractivity contribution is 0.509. The Morgan fingerprint density at radius 1 is 0.952 bits per heavy atom. The van der Waals surface area contributed by atoms with Gasteiger partial charge in [-0.05, 0) is 35.6 Å². The summed E-state index contributed by atoms with van der Waals surface area (Å²) in [6.45, 7) is 2.08. The zero-order valence-corrected chi connectivity index (χ0v) is 12.2. The third-order valence-corrected chi connectivity index (χ3v) is 4.61. The van der Waals surface area contributed by atoms with Gasteiger partial charge in [0.05, 0.1) is 4.70 Å². The maximum absolute atomic E-state index is 14.6. The Morgan fingerprint density at radius 2 is 1.76 bits per heavy atom. The summed E-state index contributed by atoms with van der Waals surface area (Å²) in [5.74, 6) is -2.27. The van der Waals surface area contributed by atoms with E-state index in [-0.39, 0.29) is 5.82 Å². The zero-order valence-electron chi connectivity index (χ0n) is 11.4. The second-order valence-corrected chi connectivity index (χ2v) is 6.07. The summed E-state index contributed by atoms with van der Waals surface area (Å²) >= 11 is 1.42. The highest BCUT2D eigenvalue weighted by Crippen LogP contribution is 2.35. The molecule has 0 bridgehead atoms. The van der Waals surface area contributed by atoms with Gasteiger partial charge in [-0.2, -0.15) is 0 Å². The van der Waals surface area contributed by atoms with Gasteiger partial charge in [0.15, 0.2) is 11.6 Å². The van der Waals surface area contributed by atoms with Crippen molar-refractivity contribution in [3.05, 3.63) is 58.7 Å². The van der Waals surface area contributed by atoms with E-state index in [1.54, 1.807) is 6.07 Å². The lowest BCUT2D eigenvalue weighted by Crippen LogP contribution is -1.88. The molecule has 108 valence electrons. The topological polar surface area (TPSA) is 0 Å². The van der Waals surface area contributed by atoms with E-state index in [1.165, 1.54) is 17.4 Å². The number of aryl methyl sites for hydroxylation is 1. The van der Waals surface area contributed by atoms with E-state index in [0.717, 1.165) is 35.2 Å². The summed E-state index contributed by atoms with van der Waals surface area (Å²) in [4.78, 5) is 1.13. The number of halogens is 3. The van der Waals surface area contributed by atoms with Crippen molar-refractivity contribution in [2.45, 2.75) is 19.8 Å². The number of benzene rings is 2. The fourth-order valence-electron chi connectivity index (χ4n) is 2.38. The Morgan fingerprint density at radius 3 is 2.48 bits per heavy atom. The highest BCUT2D eigenvalue weighted by molar-refractivity contribution is 7.19. The first-order chi connectivity index (χ1) is 10.1. The molecule has 21 heavy (non-hydrogen) atoms. The number of fused-ring (bicyclic) bond motifs is 1. The van der Waals surface area contributed by atoms with Gasteiger partial charge in [0, 0.05) is 10.4 Å². The van der Waals surface area contributed by atoms with Crippen LogP contribution in [0.5, 0.6) is 0 Å². The summed E-state index contributed by atoms with van der Waals surface area (Å²) in [6, 6.07) is 8.87. The van der Waals surface area contributed by atoms with Crippen LogP contribution in [0, 0.1) is 17.5 Å². The highest BCUT2D eigenvalue weighted by Gasteiger charge is 2.14. The summed E-state index contributed by atoms with van der Waals surface area (Å²) in [6.07, 6.45) is 1.92. The summed E-state index contributed by atoms with van der Waals surface area (Å²) in [7, 11) is 0. The van der Waals surface area contributed by atoms with Gasteiger partial charge in [-0.1, -0.05) is 31.5 Å². The van der Waals surface area contributed by atoms with Crippen LogP contribution >= 0.6 is 11.3 Å². The number of rotatable bonds is 3. The van der Waals surface area contributed by atoms with Crippen molar-refractivity contribution >= 4 is 21.4 Å². The monoisotopic (exact) mass is 306 g/mol. The predicted molar refractivity (Wildman–Crippen MR) is 81.1 cm³/mol. The van der Waals surface area contributed by atoms with Crippen LogP contribution in [-0.4, -0.2) is 0 Å². The SMILES string of the molecule is CCCc1cc2ccc(-c3ccc(F)c(F)c3)c(F)c2s1. The number of hydrogen-bond donors (Lipinski definition) is 0. The minimum atomic E-state index is -0.968. The predicted octanol–water partition coefficient (Wildman–Crippen LogP) is 5.94. The van der Waals surface area contributed by atoms with E-state index in [0.29, 0.717) is 15.8 Å². The van der Waals surface area contributed by atoms with Gasteiger partial charge in [-0.3, -0.25) is 0 Å². The molecule has 0 unspecified atom stereocenters. The first kappa shape index (κ1) is 14.1. The van der Waals surface area contributed by atoms with Crippen molar-refractivity contribution in [3.63, 3.8) is 0 Å². The van der Waals surface area contributed by atoms with E-state index < -0.39 is 11.6 Å². The molecule has 0 atom stereocenters. The molecule has 0 N–H and O–H groups in total. The van der Waals surface area contributed by atoms with Crippen LogP contribution in [0.25, 0.3) is 21.2 Å². The van der Waals surface area contributed by atoms with Gasteiger partial charge < -0.3 is 0 Å². The molecule has 4 heteroatoms. The van der Waals surface area contributed by atoms with Crippen LogP contribution in [0.4, 0.5) is 13.2 Å². The molecule has 0 aliphatic heterocycles. The molecule has 1 heterocycles. The molecule has 2 aromatic carbocycles. The van der Waals surface area contributed by atoms with Crippen molar-refractivity contribution < 1.29 is 13.2 Å². The molecule has 0 aliphatic rings. The Kier molecular flexibility index (Phi) is 3.72. The third kappa shape index (κ3) is 2.56. The van der Waals surface area contributed by atoms with Crippen molar-refractivity contribution in [1.82, 2.24) is 0 Å². The normalized spacial score (nSPS) is 11.2. The molecular weight excluding hydrogens is 293 g/mol. The van der Waals surface area contributed by atoms with Gasteiger partial charge in [-0.15, -0.1) is 11.3 Å².